The molecular formula is C11H19F3N2O. The molecule has 0 aromatic heterocycles. The van der Waals surface area contributed by atoms with Crippen LogP contribution in [0.4, 0.5) is 13.2 Å². The monoisotopic (exact) mass is 252 g/mol. The van der Waals surface area contributed by atoms with Crippen LogP contribution < -0.4 is 5.32 Å². The van der Waals surface area contributed by atoms with Crippen molar-refractivity contribution < 1.29 is 18.0 Å². The third-order valence-corrected chi connectivity index (χ3v) is 3.02. The summed E-state index contributed by atoms with van der Waals surface area (Å²) in [6.45, 7) is 4.28. The van der Waals surface area contributed by atoms with Crippen molar-refractivity contribution in [2.75, 3.05) is 26.2 Å². The molecule has 0 aromatic rings. The molecule has 0 aromatic carbocycles. The summed E-state index contributed by atoms with van der Waals surface area (Å²) < 4.78 is 36.4. The van der Waals surface area contributed by atoms with Gasteiger partial charge in [-0.15, -0.1) is 0 Å². The molecule has 0 atom stereocenters. The van der Waals surface area contributed by atoms with Crippen molar-refractivity contribution in [1.29, 1.82) is 0 Å². The van der Waals surface area contributed by atoms with E-state index in [1.807, 2.05) is 0 Å². The molecule has 100 valence electrons. The number of halogens is 3. The Bertz CT molecular complexity index is 250. The van der Waals surface area contributed by atoms with Crippen LogP contribution >= 0.6 is 0 Å². The van der Waals surface area contributed by atoms with E-state index in [-0.39, 0.29) is 0 Å². The van der Waals surface area contributed by atoms with Gasteiger partial charge in [-0.25, -0.2) is 0 Å². The van der Waals surface area contributed by atoms with E-state index in [2.05, 4.69) is 5.32 Å². The second-order valence-electron chi connectivity index (χ2n) is 4.42. The quantitative estimate of drug-likeness (QED) is 0.827. The number of alkyl halides is 3. The van der Waals surface area contributed by atoms with Crippen molar-refractivity contribution in [3.8, 4) is 0 Å². The van der Waals surface area contributed by atoms with Crippen molar-refractivity contribution >= 4 is 5.91 Å². The SMILES string of the molecule is CCN(CC1CCNCC1)C(=O)CC(F)(F)F. The first-order valence-electron chi connectivity index (χ1n) is 5.97. The van der Waals surface area contributed by atoms with E-state index >= 15 is 0 Å². The van der Waals surface area contributed by atoms with Crippen molar-refractivity contribution in [2.24, 2.45) is 5.92 Å². The standard InChI is InChI=1S/C11H19F3N2O/c1-2-16(10(17)7-11(12,13)14)8-9-3-5-15-6-4-9/h9,15H,2-8H2,1H3. The molecule has 1 amide bonds. The molecule has 0 bridgehead atoms. The molecule has 0 saturated carbocycles. The number of amides is 1. The molecule has 6 heteroatoms. The van der Waals surface area contributed by atoms with Crippen LogP contribution in [0.15, 0.2) is 0 Å². The number of carbonyl (C=O) groups excluding carboxylic acids is 1. The fraction of sp³-hybridized carbons (Fsp3) is 0.909. The largest absolute Gasteiger partial charge is 0.397 e. The van der Waals surface area contributed by atoms with Crippen LogP contribution in [0, 0.1) is 5.92 Å². The molecule has 1 aliphatic rings. The molecule has 0 aliphatic carbocycles. The van der Waals surface area contributed by atoms with Gasteiger partial charge in [-0.05, 0) is 38.8 Å². The summed E-state index contributed by atoms with van der Waals surface area (Å²) in [5.74, 6) is -0.480. The molecule has 1 aliphatic heterocycles. The smallest absolute Gasteiger partial charge is 0.342 e. The molecule has 1 fully saturated rings. The highest BCUT2D eigenvalue weighted by Gasteiger charge is 2.33. The number of piperidine rings is 1. The summed E-state index contributed by atoms with van der Waals surface area (Å²) in [4.78, 5) is 12.8. The van der Waals surface area contributed by atoms with E-state index in [4.69, 9.17) is 0 Å². The fourth-order valence-electron chi connectivity index (χ4n) is 2.07. The number of nitrogens with one attached hydrogen (secondary N) is 1. The maximum atomic E-state index is 12.1. The average Bonchev–Trinajstić information content (AvgIpc) is 2.24. The summed E-state index contributed by atoms with van der Waals surface area (Å²) in [5, 5.41) is 3.19. The molecule has 1 N–H and O–H groups in total. The highest BCUT2D eigenvalue weighted by atomic mass is 19.4. The van der Waals surface area contributed by atoms with Crippen molar-refractivity contribution in [2.45, 2.75) is 32.4 Å². The summed E-state index contributed by atoms with van der Waals surface area (Å²) in [7, 11) is 0. The molecule has 17 heavy (non-hydrogen) atoms. The van der Waals surface area contributed by atoms with Gasteiger partial charge in [0.1, 0.15) is 6.42 Å². The normalized spacial score (nSPS) is 18.1. The molecule has 1 heterocycles. The Labute approximate surface area is 99.4 Å². The Morgan fingerprint density at radius 3 is 2.41 bits per heavy atom. The van der Waals surface area contributed by atoms with Crippen LogP contribution in [-0.4, -0.2) is 43.2 Å². The lowest BCUT2D eigenvalue weighted by Crippen LogP contribution is -2.40. The summed E-state index contributed by atoms with van der Waals surface area (Å²) in [6, 6.07) is 0. The lowest BCUT2D eigenvalue weighted by molar-refractivity contribution is -0.161. The first-order valence-corrected chi connectivity index (χ1v) is 5.97. The van der Waals surface area contributed by atoms with Crippen LogP contribution in [0.2, 0.25) is 0 Å². The summed E-state index contributed by atoms with van der Waals surface area (Å²) in [6.07, 6.45) is -3.89. The van der Waals surface area contributed by atoms with Crippen LogP contribution in [0.25, 0.3) is 0 Å². The second-order valence-corrected chi connectivity index (χ2v) is 4.42. The Morgan fingerprint density at radius 1 is 1.35 bits per heavy atom. The van der Waals surface area contributed by atoms with Crippen LogP contribution in [0.1, 0.15) is 26.2 Å². The second kappa shape index (κ2) is 6.23. The van der Waals surface area contributed by atoms with Gasteiger partial charge in [0, 0.05) is 13.1 Å². The molecule has 1 rings (SSSR count). The van der Waals surface area contributed by atoms with Gasteiger partial charge in [-0.1, -0.05) is 0 Å². The van der Waals surface area contributed by atoms with Crippen molar-refractivity contribution in [3.63, 3.8) is 0 Å². The van der Waals surface area contributed by atoms with Gasteiger partial charge in [-0.2, -0.15) is 13.2 Å². The van der Waals surface area contributed by atoms with E-state index in [1.165, 1.54) is 4.90 Å². The van der Waals surface area contributed by atoms with Gasteiger partial charge in [0.2, 0.25) is 5.91 Å². The van der Waals surface area contributed by atoms with Gasteiger partial charge in [-0.3, -0.25) is 4.79 Å². The van der Waals surface area contributed by atoms with Crippen LogP contribution in [0.5, 0.6) is 0 Å². The van der Waals surface area contributed by atoms with E-state index in [0.29, 0.717) is 19.0 Å². The molecule has 0 unspecified atom stereocenters. The molecule has 0 radical (unpaired) electrons. The van der Waals surface area contributed by atoms with Crippen molar-refractivity contribution in [3.05, 3.63) is 0 Å². The minimum atomic E-state index is -4.40. The van der Waals surface area contributed by atoms with Gasteiger partial charge < -0.3 is 10.2 Å². The highest BCUT2D eigenvalue weighted by molar-refractivity contribution is 5.76. The van der Waals surface area contributed by atoms with Gasteiger partial charge in [0.15, 0.2) is 0 Å². The van der Waals surface area contributed by atoms with E-state index in [1.54, 1.807) is 6.92 Å². The maximum Gasteiger partial charge on any atom is 0.397 e. The van der Waals surface area contributed by atoms with Gasteiger partial charge >= 0.3 is 6.18 Å². The third-order valence-electron chi connectivity index (χ3n) is 3.02. The van der Waals surface area contributed by atoms with Crippen LogP contribution in [0.3, 0.4) is 0 Å². The Morgan fingerprint density at radius 2 is 1.94 bits per heavy atom. The topological polar surface area (TPSA) is 32.3 Å². The lowest BCUT2D eigenvalue weighted by Gasteiger charge is -2.29. The van der Waals surface area contributed by atoms with E-state index in [9.17, 15) is 18.0 Å². The zero-order valence-corrected chi connectivity index (χ0v) is 10.0. The minimum Gasteiger partial charge on any atom is -0.342 e. The summed E-state index contributed by atoms with van der Waals surface area (Å²) >= 11 is 0. The third kappa shape index (κ3) is 5.39. The van der Waals surface area contributed by atoms with Gasteiger partial charge in [0.05, 0.1) is 0 Å². The highest BCUT2D eigenvalue weighted by Crippen LogP contribution is 2.22. The number of hydrogen-bond donors (Lipinski definition) is 1. The molecule has 0 spiro atoms. The van der Waals surface area contributed by atoms with Crippen molar-refractivity contribution in [1.82, 2.24) is 10.2 Å². The lowest BCUT2D eigenvalue weighted by atomic mass is 9.97. The number of rotatable bonds is 4. The first kappa shape index (κ1) is 14.3. The molecule has 3 nitrogen and oxygen atoms in total. The number of nitrogens with zero attached hydrogens (tertiary/aromatic N) is 1. The molecule has 1 saturated heterocycles. The predicted molar refractivity (Wildman–Crippen MR) is 58.5 cm³/mol. The minimum absolute atomic E-state index is 0.327. The number of carbonyl (C=O) groups is 1. The molecular weight excluding hydrogens is 233 g/mol. The Hall–Kier alpha value is -0.780. The predicted octanol–water partition coefficient (Wildman–Crippen LogP) is 1.79. The van der Waals surface area contributed by atoms with Crippen LogP contribution in [-0.2, 0) is 4.79 Å². The zero-order valence-electron chi connectivity index (χ0n) is 10.0. The summed E-state index contributed by atoms with van der Waals surface area (Å²) in [5.41, 5.74) is 0. The van der Waals surface area contributed by atoms with E-state index in [0.717, 1.165) is 25.9 Å². The maximum absolute atomic E-state index is 12.1. The average molecular weight is 252 g/mol. The first-order chi connectivity index (χ1) is 7.92. The Balaban J connectivity index is 2.43. The Kier molecular flexibility index (Phi) is 5.24. The fourth-order valence-corrected chi connectivity index (χ4v) is 2.07. The zero-order chi connectivity index (χ0) is 12.9. The van der Waals surface area contributed by atoms with E-state index < -0.39 is 18.5 Å². The van der Waals surface area contributed by atoms with Gasteiger partial charge in [0.25, 0.3) is 0 Å². The number of hydrogen-bond acceptors (Lipinski definition) is 2.